The number of carboxylic acid groups (broad SMARTS) is 2. The van der Waals surface area contributed by atoms with Crippen LogP contribution in [0.25, 0.3) is 6.08 Å². The van der Waals surface area contributed by atoms with Crippen LogP contribution in [0, 0.1) is 0 Å². The molecule has 5 heteroatoms. The molecule has 22 heavy (non-hydrogen) atoms. The van der Waals surface area contributed by atoms with Crippen molar-refractivity contribution in [1.82, 2.24) is 0 Å². The summed E-state index contributed by atoms with van der Waals surface area (Å²) < 4.78 is 0. The second kappa shape index (κ2) is 6.49. The van der Waals surface area contributed by atoms with Crippen molar-refractivity contribution in [1.29, 1.82) is 0 Å². The highest BCUT2D eigenvalue weighted by atomic mass is 16.4. The first kappa shape index (κ1) is 15.2. The lowest BCUT2D eigenvalue weighted by Crippen LogP contribution is -1.99. The van der Waals surface area contributed by atoms with Gasteiger partial charge in [-0.2, -0.15) is 0 Å². The average Bonchev–Trinajstić information content (AvgIpc) is 2.53. The number of carboxylic acids is 2. The number of carbonyl (C=O) groups excluding carboxylic acids is 1. The Labute approximate surface area is 126 Å². The van der Waals surface area contributed by atoms with Crippen molar-refractivity contribution in [2.45, 2.75) is 0 Å². The monoisotopic (exact) mass is 296 g/mol. The first-order chi connectivity index (χ1) is 10.5. The molecule has 0 heterocycles. The lowest BCUT2D eigenvalue weighted by Gasteiger charge is -1.99. The summed E-state index contributed by atoms with van der Waals surface area (Å²) in [5.41, 5.74) is 1.20. The Hall–Kier alpha value is -3.21. The van der Waals surface area contributed by atoms with E-state index in [0.29, 0.717) is 11.1 Å². The Morgan fingerprint density at radius 1 is 0.773 bits per heavy atom. The summed E-state index contributed by atoms with van der Waals surface area (Å²) in [6, 6.07) is 11.8. The van der Waals surface area contributed by atoms with Crippen molar-refractivity contribution >= 4 is 23.8 Å². The Morgan fingerprint density at radius 2 is 1.36 bits per heavy atom. The van der Waals surface area contributed by atoms with Crippen LogP contribution in [-0.4, -0.2) is 27.9 Å². The zero-order valence-electron chi connectivity index (χ0n) is 11.4. The van der Waals surface area contributed by atoms with Gasteiger partial charge in [0.15, 0.2) is 5.78 Å². The standard InChI is InChI=1S/C17H12O5/c18-15(12-5-7-13(8-6-12)16(19)20)9-4-11-2-1-3-14(10-11)17(21)22/h1-10H,(H,19,20)(H,21,22)/b9-4+. The second-order valence-electron chi connectivity index (χ2n) is 4.51. The molecule has 0 bridgehead atoms. The summed E-state index contributed by atoms with van der Waals surface area (Å²) in [4.78, 5) is 33.6. The predicted octanol–water partition coefficient (Wildman–Crippen LogP) is 2.98. The van der Waals surface area contributed by atoms with Gasteiger partial charge in [-0.05, 0) is 35.9 Å². The van der Waals surface area contributed by atoms with E-state index in [0.717, 1.165) is 0 Å². The highest BCUT2D eigenvalue weighted by molar-refractivity contribution is 6.07. The van der Waals surface area contributed by atoms with Gasteiger partial charge in [-0.15, -0.1) is 0 Å². The van der Waals surface area contributed by atoms with E-state index in [9.17, 15) is 14.4 Å². The van der Waals surface area contributed by atoms with E-state index in [-0.39, 0.29) is 16.9 Å². The third-order valence-corrected chi connectivity index (χ3v) is 2.98. The summed E-state index contributed by atoms with van der Waals surface area (Å²) in [6.45, 7) is 0. The fourth-order valence-corrected chi connectivity index (χ4v) is 1.82. The van der Waals surface area contributed by atoms with Crippen LogP contribution in [0.2, 0.25) is 0 Å². The Kier molecular flexibility index (Phi) is 4.48. The van der Waals surface area contributed by atoms with E-state index in [1.165, 1.54) is 48.6 Å². The van der Waals surface area contributed by atoms with Gasteiger partial charge < -0.3 is 10.2 Å². The molecular weight excluding hydrogens is 284 g/mol. The van der Waals surface area contributed by atoms with Gasteiger partial charge in [-0.25, -0.2) is 9.59 Å². The summed E-state index contributed by atoms with van der Waals surface area (Å²) in [6.07, 6.45) is 2.83. The first-order valence-electron chi connectivity index (χ1n) is 6.36. The van der Waals surface area contributed by atoms with E-state index in [2.05, 4.69) is 0 Å². The number of hydrogen-bond donors (Lipinski definition) is 2. The maximum Gasteiger partial charge on any atom is 0.335 e. The van der Waals surface area contributed by atoms with Gasteiger partial charge in [0.2, 0.25) is 0 Å². The van der Waals surface area contributed by atoms with Gasteiger partial charge in [0.25, 0.3) is 0 Å². The van der Waals surface area contributed by atoms with Gasteiger partial charge in [-0.1, -0.05) is 30.3 Å². The maximum atomic E-state index is 12.0. The number of benzene rings is 2. The molecular formula is C17H12O5. The average molecular weight is 296 g/mol. The molecule has 2 rings (SSSR count). The van der Waals surface area contributed by atoms with Crippen molar-refractivity contribution in [3.05, 3.63) is 76.9 Å². The first-order valence-corrected chi connectivity index (χ1v) is 6.36. The quantitative estimate of drug-likeness (QED) is 0.653. The molecule has 0 fully saturated rings. The molecule has 5 nitrogen and oxygen atoms in total. The summed E-state index contributed by atoms with van der Waals surface area (Å²) in [7, 11) is 0. The number of aromatic carboxylic acids is 2. The van der Waals surface area contributed by atoms with E-state index < -0.39 is 11.9 Å². The van der Waals surface area contributed by atoms with Gasteiger partial charge in [0.1, 0.15) is 0 Å². The Bertz CT molecular complexity index is 757. The highest BCUT2D eigenvalue weighted by Crippen LogP contribution is 2.10. The third kappa shape index (κ3) is 3.67. The maximum absolute atomic E-state index is 12.0. The second-order valence-corrected chi connectivity index (χ2v) is 4.51. The van der Waals surface area contributed by atoms with E-state index in [1.807, 2.05) is 0 Å². The van der Waals surface area contributed by atoms with E-state index in [4.69, 9.17) is 10.2 Å². The lowest BCUT2D eigenvalue weighted by atomic mass is 10.1. The van der Waals surface area contributed by atoms with Gasteiger partial charge in [0, 0.05) is 5.56 Å². The summed E-state index contributed by atoms with van der Waals surface area (Å²) >= 11 is 0. The van der Waals surface area contributed by atoms with Crippen LogP contribution in [-0.2, 0) is 0 Å². The van der Waals surface area contributed by atoms with Crippen molar-refractivity contribution in [2.24, 2.45) is 0 Å². The van der Waals surface area contributed by atoms with Crippen LogP contribution in [0.3, 0.4) is 0 Å². The van der Waals surface area contributed by atoms with Crippen molar-refractivity contribution in [2.75, 3.05) is 0 Å². The van der Waals surface area contributed by atoms with Crippen LogP contribution >= 0.6 is 0 Å². The molecule has 2 aromatic carbocycles. The van der Waals surface area contributed by atoms with Crippen LogP contribution in [0.1, 0.15) is 36.6 Å². The van der Waals surface area contributed by atoms with Crippen molar-refractivity contribution in [3.8, 4) is 0 Å². The SMILES string of the molecule is O=C(O)c1ccc(C(=O)/C=C/c2cccc(C(=O)O)c2)cc1. The minimum absolute atomic E-state index is 0.106. The fraction of sp³-hybridized carbons (Fsp3) is 0. The van der Waals surface area contributed by atoms with Crippen molar-refractivity contribution in [3.63, 3.8) is 0 Å². The molecule has 0 saturated carbocycles. The number of hydrogen-bond acceptors (Lipinski definition) is 3. The summed E-state index contributed by atoms with van der Waals surface area (Å²) in [5.74, 6) is -2.39. The molecule has 0 aromatic heterocycles. The van der Waals surface area contributed by atoms with E-state index in [1.54, 1.807) is 12.1 Å². The molecule has 0 saturated heterocycles. The molecule has 0 radical (unpaired) electrons. The zero-order chi connectivity index (χ0) is 16.1. The zero-order valence-corrected chi connectivity index (χ0v) is 11.4. The Balaban J connectivity index is 2.15. The molecule has 0 aliphatic carbocycles. The highest BCUT2D eigenvalue weighted by Gasteiger charge is 2.06. The molecule has 2 aromatic rings. The molecule has 0 spiro atoms. The number of carbonyl (C=O) groups is 3. The molecule has 0 aliphatic rings. The molecule has 2 N–H and O–H groups in total. The van der Waals surface area contributed by atoms with Gasteiger partial charge >= 0.3 is 11.9 Å². The predicted molar refractivity (Wildman–Crippen MR) is 80.2 cm³/mol. The van der Waals surface area contributed by atoms with Crippen LogP contribution in [0.5, 0.6) is 0 Å². The molecule has 0 unspecified atom stereocenters. The number of allylic oxidation sites excluding steroid dienone is 1. The lowest BCUT2D eigenvalue weighted by molar-refractivity contribution is 0.0686. The van der Waals surface area contributed by atoms with E-state index >= 15 is 0 Å². The van der Waals surface area contributed by atoms with Gasteiger partial charge in [-0.3, -0.25) is 4.79 Å². The minimum atomic E-state index is -1.06. The molecule has 0 aliphatic heterocycles. The number of rotatable bonds is 5. The van der Waals surface area contributed by atoms with Crippen molar-refractivity contribution < 1.29 is 24.6 Å². The van der Waals surface area contributed by atoms with Crippen LogP contribution < -0.4 is 0 Å². The van der Waals surface area contributed by atoms with Crippen LogP contribution in [0.15, 0.2) is 54.6 Å². The van der Waals surface area contributed by atoms with Gasteiger partial charge in [0.05, 0.1) is 11.1 Å². The Morgan fingerprint density at radius 3 is 1.95 bits per heavy atom. The topological polar surface area (TPSA) is 91.7 Å². The fourth-order valence-electron chi connectivity index (χ4n) is 1.82. The largest absolute Gasteiger partial charge is 0.478 e. The molecule has 0 amide bonds. The third-order valence-electron chi connectivity index (χ3n) is 2.98. The number of ketones is 1. The normalized spacial score (nSPS) is 10.5. The molecule has 110 valence electrons. The van der Waals surface area contributed by atoms with Crippen LogP contribution in [0.4, 0.5) is 0 Å². The smallest absolute Gasteiger partial charge is 0.335 e. The minimum Gasteiger partial charge on any atom is -0.478 e. The molecule has 0 atom stereocenters. The summed E-state index contributed by atoms with van der Waals surface area (Å²) in [5, 5.41) is 17.7.